The molecule has 16 heavy (non-hydrogen) atoms. The molecule has 0 radical (unpaired) electrons. The summed E-state index contributed by atoms with van der Waals surface area (Å²) in [5, 5.41) is 7.36. The van der Waals surface area contributed by atoms with Gasteiger partial charge in [-0.1, -0.05) is 13.3 Å². The van der Waals surface area contributed by atoms with Crippen LogP contribution >= 0.6 is 0 Å². The Morgan fingerprint density at radius 3 is 2.94 bits per heavy atom. The number of rotatable bonds is 4. The van der Waals surface area contributed by atoms with Gasteiger partial charge in [-0.3, -0.25) is 0 Å². The van der Waals surface area contributed by atoms with Gasteiger partial charge >= 0.3 is 0 Å². The van der Waals surface area contributed by atoms with Gasteiger partial charge in [-0.2, -0.15) is 0 Å². The SMILES string of the molecule is CCN1CCCC(NCC2CCCCN2)C1. The number of nitrogens with one attached hydrogen (secondary N) is 2. The third kappa shape index (κ3) is 3.72. The molecule has 2 aliphatic heterocycles. The van der Waals surface area contributed by atoms with Crippen LogP contribution in [0.3, 0.4) is 0 Å². The third-order valence-electron chi connectivity index (χ3n) is 4.02. The molecule has 0 saturated carbocycles. The number of hydrogen-bond acceptors (Lipinski definition) is 3. The van der Waals surface area contributed by atoms with Crippen LogP contribution in [-0.2, 0) is 0 Å². The van der Waals surface area contributed by atoms with Gasteiger partial charge in [0.05, 0.1) is 0 Å². The molecule has 2 unspecified atom stereocenters. The van der Waals surface area contributed by atoms with Crippen LogP contribution in [0.1, 0.15) is 39.0 Å². The molecule has 2 saturated heterocycles. The van der Waals surface area contributed by atoms with E-state index in [1.54, 1.807) is 0 Å². The van der Waals surface area contributed by atoms with E-state index in [1.807, 2.05) is 0 Å². The summed E-state index contributed by atoms with van der Waals surface area (Å²) >= 11 is 0. The Morgan fingerprint density at radius 1 is 1.25 bits per heavy atom. The van der Waals surface area contributed by atoms with Gasteiger partial charge in [0.2, 0.25) is 0 Å². The lowest BCUT2D eigenvalue weighted by molar-refractivity contribution is 0.195. The molecule has 3 nitrogen and oxygen atoms in total. The average molecular weight is 225 g/mol. The van der Waals surface area contributed by atoms with Gasteiger partial charge < -0.3 is 15.5 Å². The monoisotopic (exact) mass is 225 g/mol. The zero-order valence-corrected chi connectivity index (χ0v) is 10.7. The highest BCUT2D eigenvalue weighted by Gasteiger charge is 2.19. The van der Waals surface area contributed by atoms with Crippen LogP contribution in [0, 0.1) is 0 Å². The molecule has 2 rings (SSSR count). The van der Waals surface area contributed by atoms with Gasteiger partial charge in [0.25, 0.3) is 0 Å². The minimum atomic E-state index is 0.728. The summed E-state index contributed by atoms with van der Waals surface area (Å²) in [5.74, 6) is 0. The lowest BCUT2D eigenvalue weighted by Gasteiger charge is -2.34. The van der Waals surface area contributed by atoms with Crippen molar-refractivity contribution < 1.29 is 0 Å². The second-order valence-electron chi connectivity index (χ2n) is 5.29. The molecule has 0 bridgehead atoms. The summed E-state index contributed by atoms with van der Waals surface area (Å²) in [4.78, 5) is 2.56. The van der Waals surface area contributed by atoms with E-state index < -0.39 is 0 Å². The highest BCUT2D eigenvalue weighted by molar-refractivity contribution is 4.81. The Morgan fingerprint density at radius 2 is 2.19 bits per heavy atom. The minimum absolute atomic E-state index is 0.728. The predicted molar refractivity (Wildman–Crippen MR) is 68.8 cm³/mol. The van der Waals surface area contributed by atoms with Crippen molar-refractivity contribution in [1.29, 1.82) is 0 Å². The summed E-state index contributed by atoms with van der Waals surface area (Å²) in [5.41, 5.74) is 0. The maximum absolute atomic E-state index is 3.75. The van der Waals surface area contributed by atoms with Crippen molar-refractivity contribution in [1.82, 2.24) is 15.5 Å². The molecular weight excluding hydrogens is 198 g/mol. The minimum Gasteiger partial charge on any atom is -0.313 e. The van der Waals surface area contributed by atoms with Crippen LogP contribution < -0.4 is 10.6 Å². The van der Waals surface area contributed by atoms with Crippen molar-refractivity contribution in [3.05, 3.63) is 0 Å². The van der Waals surface area contributed by atoms with E-state index in [2.05, 4.69) is 22.5 Å². The van der Waals surface area contributed by atoms with Crippen LogP contribution in [0.4, 0.5) is 0 Å². The smallest absolute Gasteiger partial charge is 0.0196 e. The van der Waals surface area contributed by atoms with E-state index >= 15 is 0 Å². The van der Waals surface area contributed by atoms with Crippen LogP contribution in [0.25, 0.3) is 0 Å². The van der Waals surface area contributed by atoms with Crippen LogP contribution in [0.15, 0.2) is 0 Å². The average Bonchev–Trinajstić information content (AvgIpc) is 2.38. The second-order valence-corrected chi connectivity index (χ2v) is 5.29. The fraction of sp³-hybridized carbons (Fsp3) is 1.00. The van der Waals surface area contributed by atoms with Crippen LogP contribution in [0.2, 0.25) is 0 Å². The summed E-state index contributed by atoms with van der Waals surface area (Å²) in [6, 6.07) is 1.46. The maximum Gasteiger partial charge on any atom is 0.0196 e. The molecule has 0 aromatic carbocycles. The molecule has 0 amide bonds. The van der Waals surface area contributed by atoms with Crippen molar-refractivity contribution in [2.75, 3.05) is 32.7 Å². The van der Waals surface area contributed by atoms with Crippen molar-refractivity contribution in [2.45, 2.75) is 51.1 Å². The fourth-order valence-electron chi connectivity index (χ4n) is 2.92. The topological polar surface area (TPSA) is 27.3 Å². The lowest BCUT2D eigenvalue weighted by Crippen LogP contribution is -2.50. The van der Waals surface area contributed by atoms with Gasteiger partial charge in [0, 0.05) is 25.2 Å². The number of likely N-dealkylation sites (N-methyl/N-ethyl adjacent to an activating group) is 1. The Bertz CT molecular complexity index is 190. The molecule has 0 aliphatic carbocycles. The predicted octanol–water partition coefficient (Wildman–Crippen LogP) is 1.20. The van der Waals surface area contributed by atoms with E-state index in [4.69, 9.17) is 0 Å². The van der Waals surface area contributed by atoms with Gasteiger partial charge in [0.1, 0.15) is 0 Å². The zero-order valence-electron chi connectivity index (χ0n) is 10.7. The highest BCUT2D eigenvalue weighted by Crippen LogP contribution is 2.11. The molecule has 0 aromatic rings. The normalized spacial score (nSPS) is 32.8. The first-order valence-electron chi connectivity index (χ1n) is 7.07. The number of likely N-dealkylation sites (tertiary alicyclic amines) is 1. The van der Waals surface area contributed by atoms with E-state index in [0.717, 1.165) is 12.1 Å². The molecule has 0 aromatic heterocycles. The third-order valence-corrected chi connectivity index (χ3v) is 4.02. The van der Waals surface area contributed by atoms with Gasteiger partial charge in [-0.25, -0.2) is 0 Å². The Balaban J connectivity index is 1.64. The largest absolute Gasteiger partial charge is 0.313 e. The lowest BCUT2D eigenvalue weighted by atomic mass is 10.0. The number of piperidine rings is 2. The summed E-state index contributed by atoms with van der Waals surface area (Å²) in [6.07, 6.45) is 6.86. The summed E-state index contributed by atoms with van der Waals surface area (Å²) < 4.78 is 0. The first-order valence-corrected chi connectivity index (χ1v) is 7.07. The maximum atomic E-state index is 3.75. The van der Waals surface area contributed by atoms with Crippen molar-refractivity contribution in [2.24, 2.45) is 0 Å². The van der Waals surface area contributed by atoms with E-state index in [0.29, 0.717) is 0 Å². The molecule has 3 heteroatoms. The summed E-state index contributed by atoms with van der Waals surface area (Å²) in [6.45, 7) is 8.42. The first-order chi connectivity index (χ1) is 7.88. The molecule has 0 spiro atoms. The molecule has 94 valence electrons. The van der Waals surface area contributed by atoms with E-state index in [-0.39, 0.29) is 0 Å². The molecular formula is C13H27N3. The Hall–Kier alpha value is -0.120. The molecule has 2 fully saturated rings. The molecule has 2 heterocycles. The molecule has 2 N–H and O–H groups in total. The Labute approximate surface area is 100.0 Å². The van der Waals surface area contributed by atoms with Gasteiger partial charge in [0.15, 0.2) is 0 Å². The number of nitrogens with zero attached hydrogens (tertiary/aromatic N) is 1. The molecule has 2 aliphatic rings. The van der Waals surface area contributed by atoms with Gasteiger partial charge in [-0.15, -0.1) is 0 Å². The first kappa shape index (κ1) is 12.3. The van der Waals surface area contributed by atoms with Crippen molar-refractivity contribution in [3.8, 4) is 0 Å². The van der Waals surface area contributed by atoms with Crippen molar-refractivity contribution in [3.63, 3.8) is 0 Å². The van der Waals surface area contributed by atoms with E-state index in [9.17, 15) is 0 Å². The van der Waals surface area contributed by atoms with Crippen LogP contribution in [0.5, 0.6) is 0 Å². The van der Waals surface area contributed by atoms with Crippen LogP contribution in [-0.4, -0.2) is 49.7 Å². The summed E-state index contributed by atoms with van der Waals surface area (Å²) in [7, 11) is 0. The zero-order chi connectivity index (χ0) is 11.2. The van der Waals surface area contributed by atoms with Crippen molar-refractivity contribution >= 4 is 0 Å². The fourth-order valence-corrected chi connectivity index (χ4v) is 2.92. The molecule has 2 atom stereocenters. The van der Waals surface area contributed by atoms with E-state index in [1.165, 1.54) is 64.8 Å². The Kier molecular flexibility index (Phi) is 5.07. The number of hydrogen-bond donors (Lipinski definition) is 2. The second kappa shape index (κ2) is 6.58. The standard InChI is InChI=1S/C13H27N3/c1-2-16-9-5-7-13(11-16)15-10-12-6-3-4-8-14-12/h12-15H,2-11H2,1H3. The van der Waals surface area contributed by atoms with Gasteiger partial charge in [-0.05, 0) is 45.3 Å². The highest BCUT2D eigenvalue weighted by atomic mass is 15.2. The quantitative estimate of drug-likeness (QED) is 0.753.